The zero-order chi connectivity index (χ0) is 12.1. The fraction of sp³-hybridized carbons (Fsp3) is 0.833. The van der Waals surface area contributed by atoms with E-state index in [4.69, 9.17) is 5.11 Å². The van der Waals surface area contributed by atoms with Crippen molar-refractivity contribution in [2.24, 2.45) is 23.2 Å². The molecular weight excluding hydrogens is 206 g/mol. The third-order valence-corrected chi connectivity index (χ3v) is 4.15. The van der Waals surface area contributed by atoms with Gasteiger partial charge in [0.05, 0.1) is 11.8 Å². The number of amides is 1. The van der Waals surface area contributed by atoms with Gasteiger partial charge in [0.15, 0.2) is 0 Å². The molecule has 0 bridgehead atoms. The highest BCUT2D eigenvalue weighted by Crippen LogP contribution is 2.58. The Morgan fingerprint density at radius 1 is 1.38 bits per heavy atom. The van der Waals surface area contributed by atoms with Crippen LogP contribution in [0.15, 0.2) is 0 Å². The predicted octanol–water partition coefficient (Wildman–Crippen LogP) is 1.26. The Bertz CT molecular complexity index is 337. The number of rotatable bonds is 4. The standard InChI is InChI=1S/C12H19NO3/c1-4-6-5-7(6)13-10(14)8-9(11(15)16)12(8,2)3/h6-9H,4-5H2,1-3H3,(H,13,14)(H,15,16). The summed E-state index contributed by atoms with van der Waals surface area (Å²) in [5.41, 5.74) is -0.382. The molecule has 4 atom stereocenters. The Balaban J connectivity index is 1.90. The predicted molar refractivity (Wildman–Crippen MR) is 58.7 cm³/mol. The van der Waals surface area contributed by atoms with Crippen LogP contribution in [0.25, 0.3) is 0 Å². The van der Waals surface area contributed by atoms with Gasteiger partial charge in [-0.3, -0.25) is 9.59 Å². The Morgan fingerprint density at radius 2 is 2.00 bits per heavy atom. The molecule has 4 unspecified atom stereocenters. The number of carbonyl (C=O) groups excluding carboxylic acids is 1. The van der Waals surface area contributed by atoms with Crippen LogP contribution in [0.1, 0.15) is 33.6 Å². The minimum Gasteiger partial charge on any atom is -0.481 e. The number of carbonyl (C=O) groups is 2. The van der Waals surface area contributed by atoms with Gasteiger partial charge in [-0.05, 0) is 17.8 Å². The van der Waals surface area contributed by atoms with E-state index in [-0.39, 0.29) is 17.2 Å². The van der Waals surface area contributed by atoms with Gasteiger partial charge in [0.25, 0.3) is 0 Å². The Labute approximate surface area is 95.4 Å². The summed E-state index contributed by atoms with van der Waals surface area (Å²) in [5, 5.41) is 11.9. The van der Waals surface area contributed by atoms with Gasteiger partial charge in [0.1, 0.15) is 0 Å². The van der Waals surface area contributed by atoms with Gasteiger partial charge in [-0.1, -0.05) is 27.2 Å². The molecule has 4 heteroatoms. The summed E-state index contributed by atoms with van der Waals surface area (Å²) >= 11 is 0. The molecular formula is C12H19NO3. The highest BCUT2D eigenvalue weighted by molar-refractivity contribution is 5.91. The van der Waals surface area contributed by atoms with E-state index in [1.54, 1.807) is 0 Å². The monoisotopic (exact) mass is 225 g/mol. The van der Waals surface area contributed by atoms with Crippen molar-refractivity contribution in [1.82, 2.24) is 5.32 Å². The lowest BCUT2D eigenvalue weighted by molar-refractivity contribution is -0.140. The SMILES string of the molecule is CCC1CC1NC(=O)C1C(C(=O)O)C1(C)C. The second kappa shape index (κ2) is 3.47. The summed E-state index contributed by atoms with van der Waals surface area (Å²) in [6.45, 7) is 5.80. The topological polar surface area (TPSA) is 66.4 Å². The second-order valence-corrected chi connectivity index (χ2v) is 5.63. The molecule has 0 spiro atoms. The molecule has 0 heterocycles. The molecule has 2 aliphatic carbocycles. The first kappa shape index (κ1) is 11.4. The van der Waals surface area contributed by atoms with Crippen LogP contribution in [0, 0.1) is 23.2 Å². The molecule has 16 heavy (non-hydrogen) atoms. The van der Waals surface area contributed by atoms with Crippen LogP contribution in [0.4, 0.5) is 0 Å². The molecule has 2 fully saturated rings. The molecule has 2 N–H and O–H groups in total. The average Bonchev–Trinajstić information content (AvgIpc) is 3.01. The molecule has 0 aromatic heterocycles. The molecule has 0 aromatic rings. The average molecular weight is 225 g/mol. The smallest absolute Gasteiger partial charge is 0.307 e. The lowest BCUT2D eigenvalue weighted by atomic mass is 10.1. The van der Waals surface area contributed by atoms with Gasteiger partial charge in [-0.2, -0.15) is 0 Å². The van der Waals surface area contributed by atoms with E-state index in [1.165, 1.54) is 0 Å². The van der Waals surface area contributed by atoms with Gasteiger partial charge in [-0.25, -0.2) is 0 Å². The van der Waals surface area contributed by atoms with Gasteiger partial charge in [0.2, 0.25) is 5.91 Å². The van der Waals surface area contributed by atoms with E-state index < -0.39 is 11.9 Å². The first-order valence-electron chi connectivity index (χ1n) is 5.92. The normalized spacial score (nSPS) is 38.9. The van der Waals surface area contributed by atoms with Gasteiger partial charge < -0.3 is 10.4 Å². The first-order chi connectivity index (χ1) is 7.39. The van der Waals surface area contributed by atoms with E-state index in [0.717, 1.165) is 12.8 Å². The number of hydrogen-bond acceptors (Lipinski definition) is 2. The van der Waals surface area contributed by atoms with Crippen LogP contribution in [0.2, 0.25) is 0 Å². The van der Waals surface area contributed by atoms with Crippen LogP contribution in [0.3, 0.4) is 0 Å². The zero-order valence-corrected chi connectivity index (χ0v) is 9.99. The number of hydrogen-bond donors (Lipinski definition) is 2. The molecule has 0 radical (unpaired) electrons. The molecule has 2 saturated carbocycles. The third kappa shape index (κ3) is 1.70. The van der Waals surface area contributed by atoms with Crippen molar-refractivity contribution in [3.63, 3.8) is 0 Å². The van der Waals surface area contributed by atoms with Gasteiger partial charge in [0, 0.05) is 6.04 Å². The summed E-state index contributed by atoms with van der Waals surface area (Å²) < 4.78 is 0. The maximum atomic E-state index is 11.9. The van der Waals surface area contributed by atoms with Crippen LogP contribution in [-0.2, 0) is 9.59 Å². The van der Waals surface area contributed by atoms with Crippen LogP contribution in [-0.4, -0.2) is 23.0 Å². The summed E-state index contributed by atoms with van der Waals surface area (Å²) in [7, 11) is 0. The van der Waals surface area contributed by atoms with Crippen molar-refractivity contribution < 1.29 is 14.7 Å². The van der Waals surface area contributed by atoms with Gasteiger partial charge in [-0.15, -0.1) is 0 Å². The molecule has 0 aromatic carbocycles. The fourth-order valence-corrected chi connectivity index (χ4v) is 2.74. The maximum absolute atomic E-state index is 11.9. The van der Waals surface area contributed by atoms with E-state index in [1.807, 2.05) is 13.8 Å². The zero-order valence-electron chi connectivity index (χ0n) is 9.99. The molecule has 2 rings (SSSR count). The van der Waals surface area contributed by atoms with Gasteiger partial charge >= 0.3 is 5.97 Å². The molecule has 2 aliphatic rings. The van der Waals surface area contributed by atoms with Crippen molar-refractivity contribution in [2.75, 3.05) is 0 Å². The van der Waals surface area contributed by atoms with E-state index in [2.05, 4.69) is 12.2 Å². The Morgan fingerprint density at radius 3 is 2.38 bits per heavy atom. The molecule has 4 nitrogen and oxygen atoms in total. The van der Waals surface area contributed by atoms with Crippen LogP contribution >= 0.6 is 0 Å². The Hall–Kier alpha value is -1.06. The van der Waals surface area contributed by atoms with E-state index in [0.29, 0.717) is 12.0 Å². The largest absolute Gasteiger partial charge is 0.481 e. The highest BCUT2D eigenvalue weighted by Gasteiger charge is 2.66. The van der Waals surface area contributed by atoms with Crippen molar-refractivity contribution in [2.45, 2.75) is 39.7 Å². The van der Waals surface area contributed by atoms with Crippen molar-refractivity contribution >= 4 is 11.9 Å². The summed E-state index contributed by atoms with van der Waals surface area (Å²) in [5.74, 6) is -1.17. The number of aliphatic carboxylic acids is 1. The van der Waals surface area contributed by atoms with Crippen molar-refractivity contribution in [3.8, 4) is 0 Å². The molecule has 90 valence electrons. The van der Waals surface area contributed by atoms with Crippen LogP contribution in [0.5, 0.6) is 0 Å². The fourth-order valence-electron chi connectivity index (χ4n) is 2.74. The molecule has 0 aliphatic heterocycles. The molecule has 1 amide bonds. The van der Waals surface area contributed by atoms with E-state index >= 15 is 0 Å². The Kier molecular flexibility index (Phi) is 2.48. The second-order valence-electron chi connectivity index (χ2n) is 5.63. The molecule has 0 saturated heterocycles. The minimum atomic E-state index is -0.854. The lowest BCUT2D eigenvalue weighted by Crippen LogP contribution is -2.30. The van der Waals surface area contributed by atoms with E-state index in [9.17, 15) is 9.59 Å². The maximum Gasteiger partial charge on any atom is 0.307 e. The number of nitrogens with one attached hydrogen (secondary N) is 1. The van der Waals surface area contributed by atoms with Crippen molar-refractivity contribution in [3.05, 3.63) is 0 Å². The number of carboxylic acid groups (broad SMARTS) is 1. The number of carboxylic acids is 1. The quantitative estimate of drug-likeness (QED) is 0.757. The first-order valence-corrected chi connectivity index (χ1v) is 5.92. The van der Waals surface area contributed by atoms with Crippen LogP contribution < -0.4 is 5.32 Å². The summed E-state index contributed by atoms with van der Waals surface area (Å²) in [6, 6.07) is 0.295. The third-order valence-electron chi connectivity index (χ3n) is 4.15. The van der Waals surface area contributed by atoms with Crippen molar-refractivity contribution in [1.29, 1.82) is 0 Å². The summed E-state index contributed by atoms with van der Waals surface area (Å²) in [4.78, 5) is 22.8. The highest BCUT2D eigenvalue weighted by atomic mass is 16.4. The summed E-state index contributed by atoms with van der Waals surface area (Å²) in [6.07, 6.45) is 2.13. The minimum absolute atomic E-state index is 0.0710. The lowest BCUT2D eigenvalue weighted by Gasteiger charge is -2.04.